The van der Waals surface area contributed by atoms with Crippen LogP contribution in [0.25, 0.3) is 0 Å². The average molecular weight is 241 g/mol. The summed E-state index contributed by atoms with van der Waals surface area (Å²) >= 11 is 0. The van der Waals surface area contributed by atoms with Gasteiger partial charge in [-0.15, -0.1) is 0 Å². The maximum absolute atomic E-state index is 2.71. The van der Waals surface area contributed by atoms with E-state index in [1.165, 1.54) is 51.5 Å². The van der Waals surface area contributed by atoms with Gasteiger partial charge in [0.25, 0.3) is 0 Å². The van der Waals surface area contributed by atoms with Gasteiger partial charge in [0, 0.05) is 0 Å². The van der Waals surface area contributed by atoms with Gasteiger partial charge in [-0.3, -0.25) is 4.90 Å². The monoisotopic (exact) mass is 241 g/mol. The molecule has 1 saturated carbocycles. The minimum Gasteiger partial charge on any atom is -0.296 e. The summed E-state index contributed by atoms with van der Waals surface area (Å²) in [5.41, 5.74) is 4.28. The van der Waals surface area contributed by atoms with Crippen molar-refractivity contribution < 1.29 is 0 Å². The fourth-order valence-electron chi connectivity index (χ4n) is 5.48. The summed E-state index contributed by atoms with van der Waals surface area (Å²) in [4.78, 5) is 2.71. The number of hydrogen-bond acceptors (Lipinski definition) is 1. The minimum atomic E-state index is 0.389. The fraction of sp³-hybridized carbons (Fsp3) is 0.647. The van der Waals surface area contributed by atoms with Crippen LogP contribution in [-0.4, -0.2) is 18.5 Å². The van der Waals surface area contributed by atoms with E-state index in [2.05, 4.69) is 36.2 Å². The maximum Gasteiger partial charge on any atom is 0.0520 e. The molecule has 0 aromatic heterocycles. The van der Waals surface area contributed by atoms with E-state index in [0.29, 0.717) is 11.0 Å². The predicted molar refractivity (Wildman–Crippen MR) is 74.6 cm³/mol. The van der Waals surface area contributed by atoms with E-state index in [1.54, 1.807) is 11.1 Å². The largest absolute Gasteiger partial charge is 0.296 e. The molecule has 2 aliphatic carbocycles. The predicted octanol–water partition coefficient (Wildman–Crippen LogP) is 3.72. The van der Waals surface area contributed by atoms with Crippen LogP contribution in [-0.2, 0) is 12.0 Å². The Balaban J connectivity index is 1.96. The van der Waals surface area contributed by atoms with E-state index in [9.17, 15) is 0 Å². The van der Waals surface area contributed by atoms with Crippen LogP contribution >= 0.6 is 0 Å². The van der Waals surface area contributed by atoms with Crippen LogP contribution in [0.5, 0.6) is 0 Å². The lowest BCUT2D eigenvalue weighted by Crippen LogP contribution is -2.58. The van der Waals surface area contributed by atoms with Gasteiger partial charge in [0.15, 0.2) is 0 Å². The number of piperidine rings is 1. The van der Waals surface area contributed by atoms with E-state index in [4.69, 9.17) is 0 Å². The van der Waals surface area contributed by atoms with E-state index in [1.807, 2.05) is 0 Å². The number of rotatable bonds is 0. The maximum atomic E-state index is 2.71. The lowest BCUT2D eigenvalue weighted by molar-refractivity contribution is -0.0846. The van der Waals surface area contributed by atoms with Crippen LogP contribution < -0.4 is 0 Å². The molecule has 3 aliphatic rings. The fourth-order valence-corrected chi connectivity index (χ4v) is 5.48. The second-order valence-corrected chi connectivity index (χ2v) is 6.71. The van der Waals surface area contributed by atoms with E-state index in [-0.39, 0.29) is 0 Å². The second-order valence-electron chi connectivity index (χ2n) is 6.71. The Bertz CT molecular complexity index is 476. The molecule has 2 fully saturated rings. The smallest absolute Gasteiger partial charge is 0.0520 e. The number of benzene rings is 1. The van der Waals surface area contributed by atoms with Crippen molar-refractivity contribution in [3.05, 3.63) is 35.4 Å². The molecule has 96 valence electrons. The van der Waals surface area contributed by atoms with E-state index < -0.39 is 0 Å². The standard InChI is InChI=1S/C17H23N/c1-18-12-6-10-16-9-4-5-11-17(16,18)15-8-3-2-7-14(15)13-16/h2-3,7-8H,4-6,9-13H2,1H3. The van der Waals surface area contributed by atoms with Gasteiger partial charge in [0.2, 0.25) is 0 Å². The van der Waals surface area contributed by atoms with Crippen molar-refractivity contribution in [1.82, 2.24) is 4.90 Å². The molecular weight excluding hydrogens is 218 g/mol. The van der Waals surface area contributed by atoms with Crippen molar-refractivity contribution in [2.45, 2.75) is 50.5 Å². The highest BCUT2D eigenvalue weighted by atomic mass is 15.2. The summed E-state index contributed by atoms with van der Waals surface area (Å²) < 4.78 is 0. The molecule has 0 radical (unpaired) electrons. The van der Waals surface area contributed by atoms with Gasteiger partial charge in [0.1, 0.15) is 0 Å². The van der Waals surface area contributed by atoms with Gasteiger partial charge in [-0.2, -0.15) is 0 Å². The quantitative estimate of drug-likeness (QED) is 0.669. The van der Waals surface area contributed by atoms with Crippen LogP contribution in [0.4, 0.5) is 0 Å². The van der Waals surface area contributed by atoms with Crippen molar-refractivity contribution in [3.8, 4) is 0 Å². The molecule has 0 N–H and O–H groups in total. The molecule has 4 rings (SSSR count). The zero-order valence-electron chi connectivity index (χ0n) is 11.4. The Labute approximate surface area is 110 Å². The Morgan fingerprint density at radius 3 is 2.72 bits per heavy atom. The van der Waals surface area contributed by atoms with Gasteiger partial charge in [-0.1, -0.05) is 37.1 Å². The summed E-state index contributed by atoms with van der Waals surface area (Å²) in [6.45, 7) is 1.29. The van der Waals surface area contributed by atoms with Crippen LogP contribution in [0.15, 0.2) is 24.3 Å². The molecule has 1 aliphatic heterocycles. The number of hydrogen-bond donors (Lipinski definition) is 0. The van der Waals surface area contributed by atoms with Crippen molar-refractivity contribution in [1.29, 1.82) is 0 Å². The Hall–Kier alpha value is -0.820. The molecule has 0 amide bonds. The van der Waals surface area contributed by atoms with Crippen LogP contribution in [0.1, 0.15) is 49.7 Å². The second kappa shape index (κ2) is 3.60. The zero-order chi connectivity index (χ0) is 12.2. The number of nitrogens with zero attached hydrogens (tertiary/aromatic N) is 1. The summed E-state index contributed by atoms with van der Waals surface area (Å²) in [5.74, 6) is 0. The van der Waals surface area contributed by atoms with Crippen molar-refractivity contribution in [2.75, 3.05) is 13.6 Å². The third-order valence-corrected chi connectivity index (χ3v) is 6.11. The molecule has 1 heterocycles. The topological polar surface area (TPSA) is 3.24 Å². The van der Waals surface area contributed by atoms with Crippen molar-refractivity contribution >= 4 is 0 Å². The number of fused-ring (bicyclic) bond motifs is 1. The number of likely N-dealkylation sites (tertiary alicyclic amines) is 1. The van der Waals surface area contributed by atoms with Gasteiger partial charge in [-0.05, 0) is 62.2 Å². The first-order chi connectivity index (χ1) is 8.79. The third-order valence-electron chi connectivity index (χ3n) is 6.11. The van der Waals surface area contributed by atoms with Crippen LogP contribution in [0, 0.1) is 5.41 Å². The summed E-state index contributed by atoms with van der Waals surface area (Å²) in [6.07, 6.45) is 9.89. The highest BCUT2D eigenvalue weighted by Crippen LogP contribution is 2.64. The molecule has 1 nitrogen and oxygen atoms in total. The highest BCUT2D eigenvalue weighted by Gasteiger charge is 2.61. The average Bonchev–Trinajstić information content (AvgIpc) is 2.71. The Morgan fingerprint density at radius 1 is 1.00 bits per heavy atom. The van der Waals surface area contributed by atoms with Gasteiger partial charge < -0.3 is 0 Å². The molecule has 2 atom stereocenters. The normalized spacial score (nSPS) is 38.9. The lowest BCUT2D eigenvalue weighted by atomic mass is 9.57. The van der Waals surface area contributed by atoms with Crippen LogP contribution in [0.3, 0.4) is 0 Å². The van der Waals surface area contributed by atoms with Crippen molar-refractivity contribution in [2.24, 2.45) is 5.41 Å². The van der Waals surface area contributed by atoms with Gasteiger partial charge in [0.05, 0.1) is 5.54 Å². The molecule has 1 saturated heterocycles. The molecular formula is C17H23N. The first-order valence-electron chi connectivity index (χ1n) is 7.58. The van der Waals surface area contributed by atoms with E-state index >= 15 is 0 Å². The van der Waals surface area contributed by atoms with Crippen LogP contribution in [0.2, 0.25) is 0 Å². The summed E-state index contributed by atoms with van der Waals surface area (Å²) in [7, 11) is 2.38. The molecule has 1 heteroatoms. The third kappa shape index (κ3) is 1.12. The molecule has 0 spiro atoms. The molecule has 1 aromatic carbocycles. The van der Waals surface area contributed by atoms with Crippen molar-refractivity contribution in [3.63, 3.8) is 0 Å². The Morgan fingerprint density at radius 2 is 1.78 bits per heavy atom. The Kier molecular flexibility index (Phi) is 2.21. The van der Waals surface area contributed by atoms with Gasteiger partial charge >= 0.3 is 0 Å². The summed E-state index contributed by atoms with van der Waals surface area (Å²) in [5, 5.41) is 0. The molecule has 1 aromatic rings. The molecule has 2 unspecified atom stereocenters. The summed E-state index contributed by atoms with van der Waals surface area (Å²) in [6, 6.07) is 9.29. The van der Waals surface area contributed by atoms with Gasteiger partial charge in [-0.25, -0.2) is 0 Å². The highest BCUT2D eigenvalue weighted by molar-refractivity contribution is 5.44. The SMILES string of the molecule is CN1CCCC23CCCCC12c1ccccc1C3. The minimum absolute atomic E-state index is 0.389. The first-order valence-corrected chi connectivity index (χ1v) is 7.58. The molecule has 18 heavy (non-hydrogen) atoms. The molecule has 0 bridgehead atoms. The first kappa shape index (κ1) is 11.0. The lowest BCUT2D eigenvalue weighted by Gasteiger charge is -2.58. The van der Waals surface area contributed by atoms with E-state index in [0.717, 1.165) is 0 Å². The zero-order valence-corrected chi connectivity index (χ0v) is 11.4.